The standard InChI is InChI=1S/C87H79N7/c1-55-33-41-77-71(45-55)69-29-21-23-31-75(69)93(77)78-42-36-57(56-34-38-65(88-14)39-35-56)50-72(78)73-51-58(37-43-79(73)94-76-32-24-22-30-70(76)74-54-68(40-44-80(74)94)92(66-25-17-15-18-26-66)67-27-19-16-20-28-67)81-89-82(59-46-61(84(2,3)4)52-62(47-59)85(5,6)7)91-83(90-81)60-48-63(86(8,9)10)53-64(49-60)87(11,12)13/h15-54H,1-13H3. The number of hydrogen-bond donors (Lipinski definition) is 0. The first kappa shape index (κ1) is 60.9. The third kappa shape index (κ3) is 11.3. The van der Waals surface area contributed by atoms with E-state index in [4.69, 9.17) is 21.5 Å². The van der Waals surface area contributed by atoms with Crippen molar-refractivity contribution in [3.05, 3.63) is 282 Å². The van der Waals surface area contributed by atoms with Gasteiger partial charge in [0, 0.05) is 66.4 Å². The van der Waals surface area contributed by atoms with Gasteiger partial charge >= 0.3 is 0 Å². The molecule has 462 valence electrons. The number of nitrogens with zero attached hydrogens (tertiary/aromatic N) is 7. The minimum absolute atomic E-state index is 0.153. The molecule has 94 heavy (non-hydrogen) atoms. The Kier molecular flexibility index (Phi) is 15.0. The second-order valence-corrected chi connectivity index (χ2v) is 29.5. The van der Waals surface area contributed by atoms with Crippen molar-refractivity contribution in [2.75, 3.05) is 4.90 Å². The fraction of sp³-hybridized carbons (Fsp3) is 0.195. The van der Waals surface area contributed by atoms with Gasteiger partial charge in [0.15, 0.2) is 23.2 Å². The molecule has 0 unspecified atom stereocenters. The van der Waals surface area contributed by atoms with Crippen LogP contribution < -0.4 is 4.90 Å². The average Bonchev–Trinajstić information content (AvgIpc) is 1.53. The van der Waals surface area contributed by atoms with Crippen LogP contribution in [0.15, 0.2) is 243 Å². The molecule has 0 saturated heterocycles. The predicted octanol–water partition coefficient (Wildman–Crippen LogP) is 23.9. The molecular weight excluding hydrogens is 1140 g/mol. The molecule has 3 aromatic heterocycles. The maximum absolute atomic E-state index is 7.89. The smallest absolute Gasteiger partial charge is 0.187 e. The number of para-hydroxylation sites is 4. The lowest BCUT2D eigenvalue weighted by molar-refractivity contribution is 0.568. The van der Waals surface area contributed by atoms with Gasteiger partial charge < -0.3 is 14.0 Å². The molecule has 14 rings (SSSR count). The Balaban J connectivity index is 1.10. The van der Waals surface area contributed by atoms with Crippen LogP contribution >= 0.6 is 0 Å². The van der Waals surface area contributed by atoms with Crippen LogP contribution in [0.4, 0.5) is 22.7 Å². The molecule has 14 aromatic rings. The van der Waals surface area contributed by atoms with Crippen LogP contribution in [-0.2, 0) is 21.7 Å². The lowest BCUT2D eigenvalue weighted by atomic mass is 9.79. The quantitative estimate of drug-likeness (QED) is 0.128. The summed E-state index contributed by atoms with van der Waals surface area (Å²) in [6, 6.07) is 88.2. The highest BCUT2D eigenvalue weighted by molar-refractivity contribution is 6.13. The SMILES string of the molecule is [C-]#[N+]c1ccc(-c2ccc(-n3c4ccccc4c4cc(C)ccc43)c(-c3cc(-c4nc(-c5cc(C(C)(C)C)cc(C(C)(C)C)c5)nc(-c5cc(C(C)(C)C)cc(C(C)(C)C)c5)n4)ccc3-n3c4ccccc4c4cc(N(c5ccccc5)c5ccccc5)ccc43)c2)cc1. The summed E-state index contributed by atoms with van der Waals surface area (Å²) in [6.07, 6.45) is 0. The maximum atomic E-state index is 7.89. The molecule has 0 fully saturated rings. The van der Waals surface area contributed by atoms with Crippen LogP contribution in [0, 0.1) is 13.5 Å². The highest BCUT2D eigenvalue weighted by Gasteiger charge is 2.28. The van der Waals surface area contributed by atoms with Crippen LogP contribution in [0.3, 0.4) is 0 Å². The molecule has 0 saturated carbocycles. The first-order chi connectivity index (χ1) is 45.0. The molecule has 7 heteroatoms. The molecule has 0 radical (unpaired) electrons. The topological polar surface area (TPSA) is 56.1 Å². The molecule has 0 amide bonds. The van der Waals surface area contributed by atoms with Gasteiger partial charge in [0.2, 0.25) is 0 Å². The van der Waals surface area contributed by atoms with E-state index in [2.05, 4.69) is 339 Å². The number of anilines is 3. The fourth-order valence-corrected chi connectivity index (χ4v) is 13.3. The van der Waals surface area contributed by atoms with E-state index < -0.39 is 0 Å². The van der Waals surface area contributed by atoms with Gasteiger partial charge in [-0.25, -0.2) is 19.8 Å². The van der Waals surface area contributed by atoms with E-state index >= 15 is 0 Å². The van der Waals surface area contributed by atoms with Crippen molar-refractivity contribution < 1.29 is 0 Å². The van der Waals surface area contributed by atoms with Crippen LogP contribution in [0.25, 0.3) is 116 Å². The third-order valence-electron chi connectivity index (χ3n) is 18.6. The van der Waals surface area contributed by atoms with Crippen molar-refractivity contribution in [2.24, 2.45) is 0 Å². The molecule has 0 aliphatic rings. The van der Waals surface area contributed by atoms with Gasteiger partial charge in [-0.2, -0.15) is 0 Å². The van der Waals surface area contributed by atoms with Crippen molar-refractivity contribution in [3.8, 4) is 67.8 Å². The molecular formula is C87H79N7. The van der Waals surface area contributed by atoms with E-state index in [9.17, 15) is 0 Å². The maximum Gasteiger partial charge on any atom is 0.187 e. The fourth-order valence-electron chi connectivity index (χ4n) is 13.3. The zero-order chi connectivity index (χ0) is 65.6. The van der Waals surface area contributed by atoms with E-state index in [0.717, 1.165) is 100 Å². The number of benzene rings is 11. The first-order valence-corrected chi connectivity index (χ1v) is 32.8. The number of fused-ring (bicyclic) bond motifs is 6. The van der Waals surface area contributed by atoms with Crippen molar-refractivity contribution in [1.82, 2.24) is 24.1 Å². The van der Waals surface area contributed by atoms with Crippen molar-refractivity contribution in [1.29, 1.82) is 0 Å². The van der Waals surface area contributed by atoms with Crippen molar-refractivity contribution in [3.63, 3.8) is 0 Å². The molecule has 0 atom stereocenters. The van der Waals surface area contributed by atoms with E-state index in [1.807, 2.05) is 12.1 Å². The number of hydrogen-bond acceptors (Lipinski definition) is 4. The summed E-state index contributed by atoms with van der Waals surface area (Å²) in [7, 11) is 0. The minimum Gasteiger partial charge on any atom is -0.310 e. The van der Waals surface area contributed by atoms with E-state index in [0.29, 0.717) is 23.2 Å². The van der Waals surface area contributed by atoms with Gasteiger partial charge in [-0.3, -0.25) is 0 Å². The van der Waals surface area contributed by atoms with Gasteiger partial charge in [0.05, 0.1) is 40.0 Å². The van der Waals surface area contributed by atoms with Gasteiger partial charge in [-0.15, -0.1) is 0 Å². The van der Waals surface area contributed by atoms with Gasteiger partial charge in [-0.1, -0.05) is 210 Å². The number of aryl methyl sites for hydroxylation is 1. The van der Waals surface area contributed by atoms with E-state index in [1.54, 1.807) is 0 Å². The van der Waals surface area contributed by atoms with Crippen LogP contribution in [0.5, 0.6) is 0 Å². The molecule has 3 heterocycles. The summed E-state index contributed by atoms with van der Waals surface area (Å²) in [5.41, 5.74) is 22.3. The average molecular weight is 1220 g/mol. The predicted molar refractivity (Wildman–Crippen MR) is 396 cm³/mol. The van der Waals surface area contributed by atoms with E-state index in [1.165, 1.54) is 38.6 Å². The molecule has 11 aromatic carbocycles. The minimum atomic E-state index is -0.153. The molecule has 0 aliphatic heterocycles. The van der Waals surface area contributed by atoms with Gasteiger partial charge in [-0.05, 0) is 183 Å². The normalized spacial score (nSPS) is 12.3. The second kappa shape index (κ2) is 23.2. The summed E-state index contributed by atoms with van der Waals surface area (Å²) in [6.45, 7) is 37.4. The summed E-state index contributed by atoms with van der Waals surface area (Å²) in [5, 5.41) is 4.62. The number of aromatic nitrogens is 5. The highest BCUT2D eigenvalue weighted by atomic mass is 15.1. The Morgan fingerprint density at radius 2 is 0.702 bits per heavy atom. The van der Waals surface area contributed by atoms with Crippen LogP contribution in [0.1, 0.15) is 111 Å². The summed E-state index contributed by atoms with van der Waals surface area (Å²) < 4.78 is 4.91. The van der Waals surface area contributed by atoms with Gasteiger partial charge in [0.1, 0.15) is 0 Å². The zero-order valence-corrected chi connectivity index (χ0v) is 56.2. The molecule has 0 spiro atoms. The van der Waals surface area contributed by atoms with Crippen LogP contribution in [0.2, 0.25) is 0 Å². The Bertz CT molecular complexity index is 5100. The summed E-state index contributed by atoms with van der Waals surface area (Å²) in [4.78, 5) is 23.0. The second-order valence-electron chi connectivity index (χ2n) is 29.5. The molecule has 0 bridgehead atoms. The Hall–Kier alpha value is -10.7. The third-order valence-corrected chi connectivity index (χ3v) is 18.6. The monoisotopic (exact) mass is 1220 g/mol. The van der Waals surface area contributed by atoms with Crippen LogP contribution in [-0.4, -0.2) is 24.1 Å². The Morgan fingerprint density at radius 1 is 0.319 bits per heavy atom. The largest absolute Gasteiger partial charge is 0.310 e. The van der Waals surface area contributed by atoms with Gasteiger partial charge in [0.25, 0.3) is 0 Å². The lowest BCUT2D eigenvalue weighted by Crippen LogP contribution is -2.17. The Labute approximate surface area is 553 Å². The van der Waals surface area contributed by atoms with E-state index in [-0.39, 0.29) is 21.7 Å². The first-order valence-electron chi connectivity index (χ1n) is 32.8. The molecule has 0 aliphatic carbocycles. The highest BCUT2D eigenvalue weighted by Crippen LogP contribution is 2.47. The Morgan fingerprint density at radius 3 is 1.16 bits per heavy atom. The molecule has 0 N–H and O–H groups in total. The number of rotatable bonds is 10. The van der Waals surface area contributed by atoms with Crippen molar-refractivity contribution in [2.45, 2.75) is 112 Å². The summed E-state index contributed by atoms with van der Waals surface area (Å²) in [5.74, 6) is 1.80. The summed E-state index contributed by atoms with van der Waals surface area (Å²) >= 11 is 0. The zero-order valence-electron chi connectivity index (χ0n) is 56.2. The lowest BCUT2D eigenvalue weighted by Gasteiger charge is -2.26. The van der Waals surface area contributed by atoms with Crippen molar-refractivity contribution >= 4 is 66.4 Å². The molecule has 7 nitrogen and oxygen atoms in total.